The van der Waals surface area contributed by atoms with Crippen molar-refractivity contribution in [3.63, 3.8) is 0 Å². The van der Waals surface area contributed by atoms with Gasteiger partial charge in [-0.3, -0.25) is 4.79 Å². The monoisotopic (exact) mass is 241 g/mol. The number of rotatable bonds is 3. The van der Waals surface area contributed by atoms with Gasteiger partial charge in [0.1, 0.15) is 0 Å². The van der Waals surface area contributed by atoms with Crippen LogP contribution in [0.4, 0.5) is 8.78 Å². The largest absolute Gasteiger partial charge is 0.337 e. The Morgan fingerprint density at radius 1 is 1.35 bits per heavy atom. The number of nitrogens with zero attached hydrogens (tertiary/aromatic N) is 1. The van der Waals surface area contributed by atoms with Crippen LogP contribution in [0.5, 0.6) is 0 Å². The fraction of sp³-hybridized carbons (Fsp3) is 0.462. The molecule has 0 aromatic heterocycles. The summed E-state index contributed by atoms with van der Waals surface area (Å²) in [6.07, 6.45) is 0.728. The molecular weight excluding hydrogens is 224 g/mol. The van der Waals surface area contributed by atoms with Gasteiger partial charge < -0.3 is 4.90 Å². The van der Waals surface area contributed by atoms with Crippen molar-refractivity contribution < 1.29 is 13.6 Å². The van der Waals surface area contributed by atoms with Crippen LogP contribution in [-0.4, -0.2) is 23.4 Å². The molecule has 1 amide bonds. The predicted octanol–water partition coefficient (Wildman–Crippen LogP) is 3.23. The second-order valence-corrected chi connectivity index (χ2v) is 4.63. The second kappa shape index (κ2) is 4.82. The van der Waals surface area contributed by atoms with Crippen molar-refractivity contribution in [1.29, 1.82) is 0 Å². The molecule has 2 nitrogen and oxygen atoms in total. The van der Waals surface area contributed by atoms with Crippen LogP contribution in [0.25, 0.3) is 0 Å². The molecule has 0 radical (unpaired) electrons. The Hall–Kier alpha value is -1.45. The lowest BCUT2D eigenvalue weighted by molar-refractivity contribution is 0.0614. The average Bonchev–Trinajstić information content (AvgIpc) is 2.30. The highest BCUT2D eigenvalue weighted by Crippen LogP contribution is 2.21. The van der Waals surface area contributed by atoms with Gasteiger partial charge in [-0.15, -0.1) is 0 Å². The van der Waals surface area contributed by atoms with E-state index in [2.05, 4.69) is 0 Å². The fourth-order valence-corrected chi connectivity index (χ4v) is 1.36. The van der Waals surface area contributed by atoms with Gasteiger partial charge in [-0.05, 0) is 32.4 Å². The molecule has 0 aliphatic carbocycles. The van der Waals surface area contributed by atoms with Crippen LogP contribution in [0.2, 0.25) is 0 Å². The van der Waals surface area contributed by atoms with E-state index in [1.807, 2.05) is 20.8 Å². The smallest absolute Gasteiger partial charge is 0.257 e. The first-order valence-corrected chi connectivity index (χ1v) is 5.53. The average molecular weight is 241 g/mol. The van der Waals surface area contributed by atoms with Crippen LogP contribution in [0.15, 0.2) is 18.2 Å². The Morgan fingerprint density at radius 3 is 2.47 bits per heavy atom. The summed E-state index contributed by atoms with van der Waals surface area (Å²) >= 11 is 0. The molecular formula is C13H17F2NO. The van der Waals surface area contributed by atoms with Gasteiger partial charge in [0.25, 0.3) is 5.91 Å². The Balaban J connectivity index is 3.09. The van der Waals surface area contributed by atoms with E-state index in [1.54, 1.807) is 7.05 Å². The number of halogens is 2. The van der Waals surface area contributed by atoms with E-state index in [1.165, 1.54) is 17.0 Å². The van der Waals surface area contributed by atoms with Crippen molar-refractivity contribution >= 4 is 5.91 Å². The van der Waals surface area contributed by atoms with Crippen LogP contribution in [0.3, 0.4) is 0 Å². The van der Waals surface area contributed by atoms with Crippen molar-refractivity contribution in [2.24, 2.45) is 0 Å². The maximum Gasteiger partial charge on any atom is 0.257 e. The van der Waals surface area contributed by atoms with E-state index in [9.17, 15) is 13.6 Å². The molecule has 0 fully saturated rings. The summed E-state index contributed by atoms with van der Waals surface area (Å²) in [6.45, 7) is 5.69. The summed E-state index contributed by atoms with van der Waals surface area (Å²) in [5.74, 6) is -2.59. The quantitative estimate of drug-likeness (QED) is 0.795. The van der Waals surface area contributed by atoms with E-state index < -0.39 is 23.1 Å². The number of carbonyl (C=O) groups is 1. The number of hydrogen-bond donors (Lipinski definition) is 0. The van der Waals surface area contributed by atoms with Gasteiger partial charge in [-0.25, -0.2) is 8.78 Å². The highest BCUT2D eigenvalue weighted by atomic mass is 19.2. The van der Waals surface area contributed by atoms with Crippen molar-refractivity contribution in [3.05, 3.63) is 35.4 Å². The molecule has 0 aliphatic rings. The first-order chi connectivity index (χ1) is 7.81. The van der Waals surface area contributed by atoms with Gasteiger partial charge in [0.15, 0.2) is 11.6 Å². The lowest BCUT2D eigenvalue weighted by Crippen LogP contribution is -2.44. The molecule has 0 N–H and O–H groups in total. The Labute approximate surface area is 100 Å². The molecule has 1 aromatic carbocycles. The lowest BCUT2D eigenvalue weighted by atomic mass is 9.99. The maximum absolute atomic E-state index is 13.5. The van der Waals surface area contributed by atoms with Crippen molar-refractivity contribution in [3.8, 4) is 0 Å². The fourth-order valence-electron chi connectivity index (χ4n) is 1.36. The van der Waals surface area contributed by atoms with E-state index in [0.29, 0.717) is 0 Å². The molecule has 4 heteroatoms. The third kappa shape index (κ3) is 2.62. The topological polar surface area (TPSA) is 20.3 Å². The zero-order valence-corrected chi connectivity index (χ0v) is 10.6. The molecule has 0 saturated heterocycles. The summed E-state index contributed by atoms with van der Waals surface area (Å²) in [7, 11) is 1.59. The molecule has 0 bridgehead atoms. The number of carbonyl (C=O) groups excluding carboxylic acids is 1. The first-order valence-electron chi connectivity index (χ1n) is 5.53. The third-order valence-corrected chi connectivity index (χ3v) is 3.26. The van der Waals surface area contributed by atoms with E-state index in [-0.39, 0.29) is 5.56 Å². The van der Waals surface area contributed by atoms with Crippen LogP contribution >= 0.6 is 0 Å². The summed E-state index contributed by atoms with van der Waals surface area (Å²) < 4.78 is 26.5. The lowest BCUT2D eigenvalue weighted by Gasteiger charge is -2.35. The normalized spacial score (nSPS) is 11.4. The molecule has 0 heterocycles. The zero-order valence-electron chi connectivity index (χ0n) is 10.6. The van der Waals surface area contributed by atoms with Gasteiger partial charge in [0.05, 0.1) is 5.56 Å². The van der Waals surface area contributed by atoms with Crippen LogP contribution in [0.1, 0.15) is 37.6 Å². The number of amides is 1. The molecule has 1 aromatic rings. The molecule has 0 saturated carbocycles. The van der Waals surface area contributed by atoms with Gasteiger partial charge >= 0.3 is 0 Å². The Morgan fingerprint density at radius 2 is 1.94 bits per heavy atom. The van der Waals surface area contributed by atoms with Gasteiger partial charge in [-0.1, -0.05) is 13.0 Å². The molecule has 0 unspecified atom stereocenters. The highest BCUT2D eigenvalue weighted by molar-refractivity contribution is 5.94. The summed E-state index contributed by atoms with van der Waals surface area (Å²) in [4.78, 5) is 13.5. The minimum atomic E-state index is -1.09. The van der Waals surface area contributed by atoms with Crippen LogP contribution in [-0.2, 0) is 0 Å². The molecule has 0 atom stereocenters. The summed E-state index contributed by atoms with van der Waals surface area (Å²) in [6, 6.07) is 3.62. The number of benzene rings is 1. The third-order valence-electron chi connectivity index (χ3n) is 3.26. The maximum atomic E-state index is 13.5. The highest BCUT2D eigenvalue weighted by Gasteiger charge is 2.28. The summed E-state index contributed by atoms with van der Waals surface area (Å²) in [5, 5.41) is 0. The molecule has 0 spiro atoms. The van der Waals surface area contributed by atoms with Gasteiger partial charge in [-0.2, -0.15) is 0 Å². The summed E-state index contributed by atoms with van der Waals surface area (Å²) in [5.41, 5.74) is -0.621. The first kappa shape index (κ1) is 13.6. The van der Waals surface area contributed by atoms with Crippen LogP contribution < -0.4 is 0 Å². The second-order valence-electron chi connectivity index (χ2n) is 4.63. The van der Waals surface area contributed by atoms with Crippen molar-refractivity contribution in [2.45, 2.75) is 32.7 Å². The van der Waals surface area contributed by atoms with Crippen molar-refractivity contribution in [1.82, 2.24) is 4.90 Å². The van der Waals surface area contributed by atoms with E-state index >= 15 is 0 Å². The standard InChI is InChI=1S/C13H17F2NO/c1-5-13(2,3)16(4)12(17)9-7-6-8-10(14)11(9)15/h6-8H,5H2,1-4H3. The molecule has 0 aliphatic heterocycles. The van der Waals surface area contributed by atoms with Gasteiger partial charge in [0, 0.05) is 12.6 Å². The van der Waals surface area contributed by atoms with Crippen LogP contribution in [0, 0.1) is 11.6 Å². The van der Waals surface area contributed by atoms with Gasteiger partial charge in [0.2, 0.25) is 0 Å². The number of hydrogen-bond acceptors (Lipinski definition) is 1. The van der Waals surface area contributed by atoms with E-state index in [4.69, 9.17) is 0 Å². The minimum absolute atomic E-state index is 0.228. The Kier molecular flexibility index (Phi) is 3.86. The van der Waals surface area contributed by atoms with E-state index in [0.717, 1.165) is 12.5 Å². The minimum Gasteiger partial charge on any atom is -0.337 e. The van der Waals surface area contributed by atoms with Crippen molar-refractivity contribution in [2.75, 3.05) is 7.05 Å². The Bertz CT molecular complexity index is 429. The molecule has 1 rings (SSSR count). The molecule has 17 heavy (non-hydrogen) atoms. The SMILES string of the molecule is CCC(C)(C)N(C)C(=O)c1cccc(F)c1F. The predicted molar refractivity (Wildman–Crippen MR) is 62.8 cm³/mol. The zero-order chi connectivity index (χ0) is 13.2. The molecule has 94 valence electrons.